The Hall–Kier alpha value is -6.17. The zero-order valence-electron chi connectivity index (χ0n) is 23.6. The van der Waals surface area contributed by atoms with Crippen molar-refractivity contribution < 1.29 is 38.1 Å². The molecular formula is C33H26N4O8. The van der Waals surface area contributed by atoms with E-state index in [2.05, 4.69) is 20.6 Å². The number of aromatic amines is 1. The molecule has 0 radical (unpaired) electrons. The predicted octanol–water partition coefficient (Wildman–Crippen LogP) is 4.41. The Bertz CT molecular complexity index is 1700. The standard InChI is InChI=1S/C33H26N4O8/c38-30(22-13-5-1-6-14-22)42-21-26(43-31(39)23-15-7-2-8-16-23)27(44-32(40)24-17-9-3-10-18-24)28(29-34-36-37-35-29)45-33(41)25-19-11-4-12-20-25/h1-20,26-28H,21H2,(H,34,35,36,37). The van der Waals surface area contributed by atoms with Crippen LogP contribution in [0.2, 0.25) is 0 Å². The topological polar surface area (TPSA) is 160 Å². The Morgan fingerprint density at radius 2 is 0.978 bits per heavy atom. The number of esters is 4. The van der Waals surface area contributed by atoms with Gasteiger partial charge in [-0.25, -0.2) is 19.2 Å². The van der Waals surface area contributed by atoms with Crippen LogP contribution in [-0.2, 0) is 18.9 Å². The van der Waals surface area contributed by atoms with Crippen LogP contribution in [-0.4, -0.2) is 63.3 Å². The van der Waals surface area contributed by atoms with Gasteiger partial charge in [0.1, 0.15) is 6.61 Å². The van der Waals surface area contributed by atoms with E-state index in [4.69, 9.17) is 18.9 Å². The van der Waals surface area contributed by atoms with Crippen LogP contribution in [0.15, 0.2) is 121 Å². The molecule has 12 nitrogen and oxygen atoms in total. The fraction of sp³-hybridized carbons (Fsp3) is 0.121. The number of H-pyrrole nitrogens is 1. The highest BCUT2D eigenvalue weighted by molar-refractivity contribution is 5.91. The molecule has 0 aliphatic rings. The lowest BCUT2D eigenvalue weighted by molar-refractivity contribution is -0.105. The SMILES string of the molecule is O=C(OCC(OC(=O)c1ccccc1)C(OC(=O)c1ccccc1)C(OC(=O)c1ccccc1)c1nn[nH]n1)c1ccccc1. The first-order valence-electron chi connectivity index (χ1n) is 13.7. The minimum atomic E-state index is -1.63. The smallest absolute Gasteiger partial charge is 0.338 e. The summed E-state index contributed by atoms with van der Waals surface area (Å²) >= 11 is 0. The Labute approximate surface area is 256 Å². The number of benzene rings is 4. The van der Waals surface area contributed by atoms with Crippen LogP contribution in [0.1, 0.15) is 53.4 Å². The molecule has 3 atom stereocenters. The average molecular weight is 607 g/mol. The van der Waals surface area contributed by atoms with Crippen molar-refractivity contribution >= 4 is 23.9 Å². The molecule has 1 aromatic heterocycles. The number of hydrogen-bond acceptors (Lipinski definition) is 11. The molecule has 0 saturated heterocycles. The molecule has 3 unspecified atom stereocenters. The van der Waals surface area contributed by atoms with Gasteiger partial charge in [0, 0.05) is 0 Å². The molecule has 0 amide bonds. The van der Waals surface area contributed by atoms with Gasteiger partial charge in [-0.1, -0.05) is 78.0 Å². The van der Waals surface area contributed by atoms with Gasteiger partial charge < -0.3 is 18.9 Å². The van der Waals surface area contributed by atoms with Crippen LogP contribution in [0.5, 0.6) is 0 Å². The van der Waals surface area contributed by atoms with Crippen molar-refractivity contribution in [2.75, 3.05) is 6.61 Å². The number of carbonyl (C=O) groups excluding carboxylic acids is 4. The minimum Gasteiger partial charge on any atom is -0.458 e. The highest BCUT2D eigenvalue weighted by atomic mass is 16.6. The van der Waals surface area contributed by atoms with E-state index in [1.54, 1.807) is 84.9 Å². The van der Waals surface area contributed by atoms with Crippen molar-refractivity contribution in [2.24, 2.45) is 0 Å². The van der Waals surface area contributed by atoms with E-state index < -0.39 is 48.8 Å². The van der Waals surface area contributed by atoms with E-state index in [-0.39, 0.29) is 28.1 Å². The van der Waals surface area contributed by atoms with Crippen LogP contribution < -0.4 is 0 Å². The fourth-order valence-corrected chi connectivity index (χ4v) is 4.20. The molecule has 1 heterocycles. The second kappa shape index (κ2) is 14.8. The van der Waals surface area contributed by atoms with Gasteiger partial charge in [0.05, 0.1) is 22.3 Å². The Morgan fingerprint density at radius 3 is 1.42 bits per heavy atom. The number of rotatable bonds is 12. The molecule has 0 fully saturated rings. The van der Waals surface area contributed by atoms with E-state index >= 15 is 0 Å². The van der Waals surface area contributed by atoms with Crippen molar-refractivity contribution in [3.8, 4) is 0 Å². The maximum Gasteiger partial charge on any atom is 0.338 e. The quantitative estimate of drug-likeness (QED) is 0.158. The van der Waals surface area contributed by atoms with Crippen molar-refractivity contribution in [1.29, 1.82) is 0 Å². The van der Waals surface area contributed by atoms with Gasteiger partial charge in [-0.3, -0.25) is 0 Å². The largest absolute Gasteiger partial charge is 0.458 e. The summed E-state index contributed by atoms with van der Waals surface area (Å²) in [6.45, 7) is -0.601. The van der Waals surface area contributed by atoms with Crippen molar-refractivity contribution in [3.63, 3.8) is 0 Å². The Kier molecular flexibility index (Phi) is 9.98. The summed E-state index contributed by atoms with van der Waals surface area (Å²) in [7, 11) is 0. The summed E-state index contributed by atoms with van der Waals surface area (Å²) < 4.78 is 23.1. The Balaban J connectivity index is 1.54. The summed E-state index contributed by atoms with van der Waals surface area (Å²) in [6.07, 6.45) is -4.72. The second-order valence-corrected chi connectivity index (χ2v) is 9.47. The Morgan fingerprint density at radius 1 is 0.556 bits per heavy atom. The van der Waals surface area contributed by atoms with Crippen molar-refractivity contribution in [3.05, 3.63) is 149 Å². The molecule has 0 spiro atoms. The van der Waals surface area contributed by atoms with E-state index in [0.717, 1.165) is 0 Å². The number of nitrogens with zero attached hydrogens (tertiary/aromatic N) is 3. The van der Waals surface area contributed by atoms with E-state index in [0.29, 0.717) is 0 Å². The third-order valence-corrected chi connectivity index (χ3v) is 6.43. The zero-order chi connectivity index (χ0) is 31.4. The fourth-order valence-electron chi connectivity index (χ4n) is 4.20. The molecule has 0 aliphatic carbocycles. The summed E-state index contributed by atoms with van der Waals surface area (Å²) in [6, 6.07) is 32.2. The van der Waals surface area contributed by atoms with Gasteiger partial charge in [-0.05, 0) is 48.5 Å². The molecule has 4 aromatic carbocycles. The maximum atomic E-state index is 13.4. The van der Waals surface area contributed by atoms with Gasteiger partial charge in [0.15, 0.2) is 12.2 Å². The molecular weight excluding hydrogens is 580 g/mol. The van der Waals surface area contributed by atoms with E-state index in [9.17, 15) is 19.2 Å². The van der Waals surface area contributed by atoms with Crippen molar-refractivity contribution in [1.82, 2.24) is 20.6 Å². The molecule has 226 valence electrons. The molecule has 5 rings (SSSR count). The first kappa shape index (κ1) is 30.3. The highest BCUT2D eigenvalue weighted by Crippen LogP contribution is 2.28. The monoisotopic (exact) mass is 606 g/mol. The number of ether oxygens (including phenoxy) is 4. The van der Waals surface area contributed by atoms with Gasteiger partial charge in [0.25, 0.3) is 0 Å². The molecule has 0 aliphatic heterocycles. The van der Waals surface area contributed by atoms with Crippen LogP contribution in [0.3, 0.4) is 0 Å². The van der Waals surface area contributed by atoms with E-state index in [1.165, 1.54) is 36.4 Å². The summed E-state index contributed by atoms with van der Waals surface area (Å²) in [5.74, 6) is -3.42. The molecule has 12 heteroatoms. The lowest BCUT2D eigenvalue weighted by Gasteiger charge is -2.31. The lowest BCUT2D eigenvalue weighted by atomic mass is 10.1. The number of nitrogens with one attached hydrogen (secondary N) is 1. The van der Waals surface area contributed by atoms with Gasteiger partial charge in [-0.2, -0.15) is 5.21 Å². The van der Waals surface area contributed by atoms with Crippen LogP contribution in [0.25, 0.3) is 0 Å². The molecule has 0 bridgehead atoms. The molecule has 5 aromatic rings. The van der Waals surface area contributed by atoms with Crippen LogP contribution >= 0.6 is 0 Å². The summed E-state index contributed by atoms with van der Waals surface area (Å²) in [5.41, 5.74) is 0.724. The van der Waals surface area contributed by atoms with Gasteiger partial charge in [0.2, 0.25) is 11.9 Å². The maximum absolute atomic E-state index is 13.4. The first-order valence-corrected chi connectivity index (χ1v) is 13.7. The highest BCUT2D eigenvalue weighted by Gasteiger charge is 2.43. The third-order valence-electron chi connectivity index (χ3n) is 6.43. The number of tetrazole rings is 1. The predicted molar refractivity (Wildman–Crippen MR) is 157 cm³/mol. The van der Waals surface area contributed by atoms with Gasteiger partial charge in [-0.15, -0.1) is 10.2 Å². The number of carbonyl (C=O) groups is 4. The summed E-state index contributed by atoms with van der Waals surface area (Å²) in [5, 5.41) is 13.8. The zero-order valence-corrected chi connectivity index (χ0v) is 23.6. The number of hydrogen-bond donors (Lipinski definition) is 1. The van der Waals surface area contributed by atoms with E-state index in [1.807, 2.05) is 0 Å². The lowest BCUT2D eigenvalue weighted by Crippen LogP contribution is -2.44. The van der Waals surface area contributed by atoms with Crippen LogP contribution in [0.4, 0.5) is 0 Å². The number of aromatic nitrogens is 4. The summed E-state index contributed by atoms with van der Waals surface area (Å²) in [4.78, 5) is 53.0. The molecule has 45 heavy (non-hydrogen) atoms. The van der Waals surface area contributed by atoms with Crippen LogP contribution in [0, 0.1) is 0 Å². The van der Waals surface area contributed by atoms with Crippen molar-refractivity contribution in [2.45, 2.75) is 18.3 Å². The minimum absolute atomic E-state index is 0.151. The first-order chi connectivity index (χ1) is 22.0. The molecule has 0 saturated carbocycles. The second-order valence-electron chi connectivity index (χ2n) is 9.47. The van der Waals surface area contributed by atoms with Gasteiger partial charge >= 0.3 is 23.9 Å². The normalized spacial score (nSPS) is 12.6. The average Bonchev–Trinajstić information content (AvgIpc) is 3.64. The molecule has 1 N–H and O–H groups in total. The third kappa shape index (κ3) is 8.02.